The molecule has 0 bridgehead atoms. The van der Waals surface area contributed by atoms with Crippen LogP contribution < -0.4 is 5.32 Å². The van der Waals surface area contributed by atoms with E-state index in [4.69, 9.17) is 0 Å². The molecule has 0 aromatic heterocycles. The Bertz CT molecular complexity index is 201. The standard InChI is InChI=1S/C15H32N2/c1-5-6-7-8-9-10-14(2)17-12-11-16-13-15(17,3)4/h14,16H,5-13H2,1-4H3. The first-order valence-corrected chi connectivity index (χ1v) is 7.55. The van der Waals surface area contributed by atoms with E-state index in [0.29, 0.717) is 5.54 Å². The molecule has 1 heterocycles. The Hall–Kier alpha value is -0.0800. The predicted octanol–water partition coefficient (Wildman–Crippen LogP) is 3.42. The topological polar surface area (TPSA) is 15.3 Å². The summed E-state index contributed by atoms with van der Waals surface area (Å²) in [6.07, 6.45) is 8.38. The van der Waals surface area contributed by atoms with Crippen molar-refractivity contribution in [1.82, 2.24) is 10.2 Å². The first kappa shape index (κ1) is 15.0. The van der Waals surface area contributed by atoms with E-state index in [9.17, 15) is 0 Å². The number of unbranched alkanes of at least 4 members (excludes halogenated alkanes) is 4. The van der Waals surface area contributed by atoms with E-state index in [1.165, 1.54) is 45.1 Å². The van der Waals surface area contributed by atoms with E-state index in [2.05, 4.69) is 37.9 Å². The van der Waals surface area contributed by atoms with Crippen LogP contribution in [0.4, 0.5) is 0 Å². The van der Waals surface area contributed by atoms with Gasteiger partial charge in [-0.05, 0) is 27.2 Å². The maximum Gasteiger partial charge on any atom is 0.0281 e. The van der Waals surface area contributed by atoms with Crippen LogP contribution in [0.2, 0.25) is 0 Å². The molecule has 1 aliphatic heterocycles. The lowest BCUT2D eigenvalue weighted by atomic mass is 9.95. The smallest absolute Gasteiger partial charge is 0.0281 e. The normalized spacial score (nSPS) is 22.6. The van der Waals surface area contributed by atoms with Crippen LogP contribution in [-0.2, 0) is 0 Å². The highest BCUT2D eigenvalue weighted by atomic mass is 15.3. The minimum absolute atomic E-state index is 0.334. The summed E-state index contributed by atoms with van der Waals surface area (Å²) in [4.78, 5) is 2.70. The molecular formula is C15H32N2. The maximum atomic E-state index is 3.50. The summed E-state index contributed by atoms with van der Waals surface area (Å²) < 4.78 is 0. The summed E-state index contributed by atoms with van der Waals surface area (Å²) in [7, 11) is 0. The second-order valence-corrected chi connectivity index (χ2v) is 6.23. The Morgan fingerprint density at radius 2 is 1.88 bits per heavy atom. The molecule has 2 nitrogen and oxygen atoms in total. The highest BCUT2D eigenvalue weighted by Crippen LogP contribution is 2.22. The molecule has 1 unspecified atom stereocenters. The van der Waals surface area contributed by atoms with Crippen molar-refractivity contribution in [3.8, 4) is 0 Å². The van der Waals surface area contributed by atoms with Crippen LogP contribution in [0.3, 0.4) is 0 Å². The second-order valence-electron chi connectivity index (χ2n) is 6.23. The molecule has 2 heteroatoms. The van der Waals surface area contributed by atoms with Gasteiger partial charge >= 0.3 is 0 Å². The third-order valence-corrected chi connectivity index (χ3v) is 4.12. The zero-order valence-corrected chi connectivity index (χ0v) is 12.4. The lowest BCUT2D eigenvalue weighted by molar-refractivity contribution is 0.0476. The average Bonchev–Trinajstić information content (AvgIpc) is 2.28. The van der Waals surface area contributed by atoms with Crippen molar-refractivity contribution in [3.05, 3.63) is 0 Å². The molecule has 1 N–H and O–H groups in total. The number of piperazine rings is 1. The van der Waals surface area contributed by atoms with Crippen molar-refractivity contribution in [1.29, 1.82) is 0 Å². The van der Waals surface area contributed by atoms with Gasteiger partial charge < -0.3 is 5.32 Å². The van der Waals surface area contributed by atoms with E-state index in [-0.39, 0.29) is 0 Å². The number of hydrogen-bond donors (Lipinski definition) is 1. The molecule has 1 aliphatic rings. The Balaban J connectivity index is 2.23. The molecule has 0 aliphatic carbocycles. The highest BCUT2D eigenvalue weighted by molar-refractivity contribution is 4.90. The van der Waals surface area contributed by atoms with Crippen LogP contribution in [0.15, 0.2) is 0 Å². The van der Waals surface area contributed by atoms with Gasteiger partial charge in [0.05, 0.1) is 0 Å². The van der Waals surface area contributed by atoms with Gasteiger partial charge in [0, 0.05) is 31.2 Å². The van der Waals surface area contributed by atoms with Crippen molar-refractivity contribution < 1.29 is 0 Å². The molecule has 17 heavy (non-hydrogen) atoms. The van der Waals surface area contributed by atoms with Gasteiger partial charge in [0.1, 0.15) is 0 Å². The number of nitrogens with zero attached hydrogens (tertiary/aromatic N) is 1. The third kappa shape index (κ3) is 4.97. The Labute approximate surface area is 108 Å². The maximum absolute atomic E-state index is 3.50. The van der Waals surface area contributed by atoms with Crippen LogP contribution >= 0.6 is 0 Å². The largest absolute Gasteiger partial charge is 0.314 e. The van der Waals surface area contributed by atoms with Gasteiger partial charge in [-0.15, -0.1) is 0 Å². The van der Waals surface area contributed by atoms with Crippen LogP contribution in [0.5, 0.6) is 0 Å². The van der Waals surface area contributed by atoms with Crippen LogP contribution in [0.25, 0.3) is 0 Å². The molecule has 0 aromatic rings. The Morgan fingerprint density at radius 3 is 2.53 bits per heavy atom. The Kier molecular flexibility index (Phi) is 6.50. The fourth-order valence-electron chi connectivity index (χ4n) is 3.01. The molecule has 1 fully saturated rings. The van der Waals surface area contributed by atoms with Gasteiger partial charge in [-0.1, -0.05) is 39.0 Å². The SMILES string of the molecule is CCCCCCCC(C)N1CCNCC1(C)C. The summed E-state index contributed by atoms with van der Waals surface area (Å²) in [6, 6.07) is 0.744. The summed E-state index contributed by atoms with van der Waals surface area (Å²) in [5.41, 5.74) is 0.334. The lowest BCUT2D eigenvalue weighted by Crippen LogP contribution is -2.60. The van der Waals surface area contributed by atoms with Crippen molar-refractivity contribution >= 4 is 0 Å². The fourth-order valence-corrected chi connectivity index (χ4v) is 3.01. The van der Waals surface area contributed by atoms with Gasteiger partial charge in [-0.3, -0.25) is 4.90 Å². The van der Waals surface area contributed by atoms with E-state index in [1.54, 1.807) is 0 Å². The summed E-state index contributed by atoms with van der Waals surface area (Å²) in [6.45, 7) is 12.9. The average molecular weight is 240 g/mol. The summed E-state index contributed by atoms with van der Waals surface area (Å²) >= 11 is 0. The molecule has 1 atom stereocenters. The monoisotopic (exact) mass is 240 g/mol. The van der Waals surface area contributed by atoms with Gasteiger partial charge in [0.25, 0.3) is 0 Å². The highest BCUT2D eigenvalue weighted by Gasteiger charge is 2.32. The first-order valence-electron chi connectivity index (χ1n) is 7.55. The molecule has 0 aromatic carbocycles. The predicted molar refractivity (Wildman–Crippen MR) is 76.5 cm³/mol. The number of nitrogens with one attached hydrogen (secondary N) is 1. The third-order valence-electron chi connectivity index (χ3n) is 4.12. The molecule has 0 radical (unpaired) electrons. The molecule has 0 saturated carbocycles. The van der Waals surface area contributed by atoms with E-state index < -0.39 is 0 Å². The zero-order chi connectivity index (χ0) is 12.7. The zero-order valence-electron chi connectivity index (χ0n) is 12.4. The molecule has 1 saturated heterocycles. The summed E-state index contributed by atoms with van der Waals surface area (Å²) in [5.74, 6) is 0. The van der Waals surface area contributed by atoms with Gasteiger partial charge in [0.15, 0.2) is 0 Å². The number of rotatable bonds is 7. The molecule has 0 amide bonds. The first-order chi connectivity index (χ1) is 8.08. The Morgan fingerprint density at radius 1 is 1.18 bits per heavy atom. The molecular weight excluding hydrogens is 208 g/mol. The molecule has 0 spiro atoms. The quantitative estimate of drug-likeness (QED) is 0.686. The van der Waals surface area contributed by atoms with Gasteiger partial charge in [0.2, 0.25) is 0 Å². The van der Waals surface area contributed by atoms with Gasteiger partial charge in [-0.25, -0.2) is 0 Å². The minimum atomic E-state index is 0.334. The van der Waals surface area contributed by atoms with Crippen molar-refractivity contribution in [2.75, 3.05) is 19.6 Å². The van der Waals surface area contributed by atoms with Crippen LogP contribution in [0, 0.1) is 0 Å². The van der Waals surface area contributed by atoms with Crippen molar-refractivity contribution in [3.63, 3.8) is 0 Å². The molecule has 1 rings (SSSR count). The van der Waals surface area contributed by atoms with Crippen LogP contribution in [-0.4, -0.2) is 36.1 Å². The van der Waals surface area contributed by atoms with E-state index in [0.717, 1.165) is 19.1 Å². The lowest BCUT2D eigenvalue weighted by Gasteiger charge is -2.46. The minimum Gasteiger partial charge on any atom is -0.314 e. The van der Waals surface area contributed by atoms with E-state index >= 15 is 0 Å². The van der Waals surface area contributed by atoms with Crippen molar-refractivity contribution in [2.45, 2.75) is 77.8 Å². The van der Waals surface area contributed by atoms with Gasteiger partial charge in [-0.2, -0.15) is 0 Å². The fraction of sp³-hybridized carbons (Fsp3) is 1.00. The van der Waals surface area contributed by atoms with Crippen LogP contribution in [0.1, 0.15) is 66.2 Å². The molecule has 102 valence electrons. The second kappa shape index (κ2) is 7.38. The van der Waals surface area contributed by atoms with E-state index in [1.807, 2.05) is 0 Å². The van der Waals surface area contributed by atoms with Crippen molar-refractivity contribution in [2.24, 2.45) is 0 Å². The summed E-state index contributed by atoms with van der Waals surface area (Å²) in [5, 5.41) is 3.50. The number of hydrogen-bond acceptors (Lipinski definition) is 2.